The molecule has 2 atom stereocenters. The van der Waals surface area contributed by atoms with Crippen molar-refractivity contribution in [2.24, 2.45) is 17.6 Å². The number of aldehydes is 1. The van der Waals surface area contributed by atoms with Gasteiger partial charge in [0.1, 0.15) is 6.29 Å². The summed E-state index contributed by atoms with van der Waals surface area (Å²) in [7, 11) is 0. The number of Topliss-reactive ketones (excluding diaryl/α,β-unsaturated/α-hetero) is 2. The van der Waals surface area contributed by atoms with E-state index in [1.165, 1.54) is 12.3 Å². The van der Waals surface area contributed by atoms with Gasteiger partial charge in [0.2, 0.25) is 11.6 Å². The van der Waals surface area contributed by atoms with E-state index in [1.807, 2.05) is 6.92 Å². The van der Waals surface area contributed by atoms with Gasteiger partial charge in [0.05, 0.1) is 6.61 Å². The fourth-order valence-electron chi connectivity index (χ4n) is 2.20. The molecule has 8 nitrogen and oxygen atoms in total. The summed E-state index contributed by atoms with van der Waals surface area (Å²) in [6, 6.07) is 0. The zero-order chi connectivity index (χ0) is 20.1. The SMILES string of the molecule is CCCOC(=O)NCC[C@@H](C=O)C(CC)C(=O)C(=O)/C(C)=C/SC(=N)N. The Morgan fingerprint density at radius 1 is 1.31 bits per heavy atom. The molecule has 26 heavy (non-hydrogen) atoms. The van der Waals surface area contributed by atoms with Crippen LogP contribution >= 0.6 is 11.8 Å². The lowest BCUT2D eigenvalue weighted by atomic mass is 9.83. The number of allylic oxidation sites excluding steroid dienone is 1. The second-order valence-electron chi connectivity index (χ2n) is 5.64. The van der Waals surface area contributed by atoms with Gasteiger partial charge in [-0.15, -0.1) is 0 Å². The van der Waals surface area contributed by atoms with E-state index in [2.05, 4.69) is 5.32 Å². The Kier molecular flexibility index (Phi) is 12.0. The van der Waals surface area contributed by atoms with Crippen molar-refractivity contribution >= 4 is 40.9 Å². The third kappa shape index (κ3) is 8.80. The lowest BCUT2D eigenvalue weighted by Crippen LogP contribution is -2.34. The van der Waals surface area contributed by atoms with Crippen LogP contribution in [0.5, 0.6) is 0 Å². The van der Waals surface area contributed by atoms with Crippen LogP contribution in [0, 0.1) is 17.2 Å². The summed E-state index contributed by atoms with van der Waals surface area (Å²) in [6.07, 6.45) is 1.32. The Hall–Kier alpha value is -2.16. The van der Waals surface area contributed by atoms with Crippen LogP contribution in [0.1, 0.15) is 40.0 Å². The Bertz CT molecular complexity index is 563. The van der Waals surface area contributed by atoms with Crippen LogP contribution in [0.15, 0.2) is 11.0 Å². The molecule has 0 fully saturated rings. The van der Waals surface area contributed by atoms with Crippen molar-refractivity contribution in [1.82, 2.24) is 5.32 Å². The highest BCUT2D eigenvalue weighted by molar-refractivity contribution is 8.16. The number of hydrogen-bond acceptors (Lipinski definition) is 7. The van der Waals surface area contributed by atoms with E-state index in [1.54, 1.807) is 6.92 Å². The molecule has 0 radical (unpaired) electrons. The van der Waals surface area contributed by atoms with Gasteiger partial charge in [0.25, 0.3) is 0 Å². The summed E-state index contributed by atoms with van der Waals surface area (Å²) >= 11 is 0.837. The molecule has 4 N–H and O–H groups in total. The van der Waals surface area contributed by atoms with Crippen molar-refractivity contribution in [3.63, 3.8) is 0 Å². The summed E-state index contributed by atoms with van der Waals surface area (Å²) in [4.78, 5) is 47.5. The van der Waals surface area contributed by atoms with Crippen LogP contribution in [0.2, 0.25) is 0 Å². The number of alkyl carbamates (subject to hydrolysis) is 1. The highest BCUT2D eigenvalue weighted by Gasteiger charge is 2.31. The summed E-state index contributed by atoms with van der Waals surface area (Å²) in [5.74, 6) is -2.81. The largest absolute Gasteiger partial charge is 0.450 e. The van der Waals surface area contributed by atoms with Gasteiger partial charge in [0, 0.05) is 24.0 Å². The van der Waals surface area contributed by atoms with Gasteiger partial charge in [-0.25, -0.2) is 4.79 Å². The van der Waals surface area contributed by atoms with E-state index in [9.17, 15) is 19.2 Å². The molecule has 0 aliphatic heterocycles. The highest BCUT2D eigenvalue weighted by atomic mass is 32.2. The number of hydrogen-bond donors (Lipinski definition) is 3. The topological polar surface area (TPSA) is 139 Å². The molecule has 9 heteroatoms. The quantitative estimate of drug-likeness (QED) is 0.153. The number of amides is 1. The van der Waals surface area contributed by atoms with Gasteiger partial charge in [-0.2, -0.15) is 0 Å². The molecule has 0 rings (SSSR count). The number of nitrogens with one attached hydrogen (secondary N) is 2. The first kappa shape index (κ1) is 23.8. The summed E-state index contributed by atoms with van der Waals surface area (Å²) < 4.78 is 4.86. The molecule has 0 heterocycles. The molecule has 0 aromatic heterocycles. The number of amidine groups is 1. The number of ketones is 2. The van der Waals surface area contributed by atoms with Crippen molar-refractivity contribution in [1.29, 1.82) is 5.41 Å². The molecule has 0 saturated heterocycles. The smallest absolute Gasteiger partial charge is 0.407 e. The van der Waals surface area contributed by atoms with Crippen molar-refractivity contribution in [3.8, 4) is 0 Å². The molecule has 0 aliphatic carbocycles. The molecular formula is C17H27N3O5S. The monoisotopic (exact) mass is 385 g/mol. The van der Waals surface area contributed by atoms with Gasteiger partial charge >= 0.3 is 6.09 Å². The van der Waals surface area contributed by atoms with Crippen LogP contribution in [-0.2, 0) is 19.1 Å². The maximum atomic E-state index is 12.4. The van der Waals surface area contributed by atoms with E-state index in [4.69, 9.17) is 15.9 Å². The predicted molar refractivity (Wildman–Crippen MR) is 101 cm³/mol. The van der Waals surface area contributed by atoms with Gasteiger partial charge in [-0.1, -0.05) is 25.6 Å². The van der Waals surface area contributed by atoms with Crippen molar-refractivity contribution in [3.05, 3.63) is 11.0 Å². The van der Waals surface area contributed by atoms with Crippen molar-refractivity contribution < 1.29 is 23.9 Å². The molecule has 0 saturated carbocycles. The lowest BCUT2D eigenvalue weighted by molar-refractivity contribution is -0.139. The maximum absolute atomic E-state index is 12.4. The average molecular weight is 385 g/mol. The Morgan fingerprint density at radius 3 is 2.46 bits per heavy atom. The van der Waals surface area contributed by atoms with Crippen LogP contribution in [0.4, 0.5) is 4.79 Å². The lowest BCUT2D eigenvalue weighted by Gasteiger charge is -2.20. The van der Waals surface area contributed by atoms with Crippen molar-refractivity contribution in [2.75, 3.05) is 13.2 Å². The van der Waals surface area contributed by atoms with Crippen LogP contribution in [-0.4, -0.2) is 42.3 Å². The average Bonchev–Trinajstić information content (AvgIpc) is 2.62. The van der Waals surface area contributed by atoms with Crippen molar-refractivity contribution in [2.45, 2.75) is 40.0 Å². The first-order chi connectivity index (χ1) is 12.3. The van der Waals surface area contributed by atoms with Gasteiger partial charge in [-0.05, 0) is 31.6 Å². The zero-order valence-corrected chi connectivity index (χ0v) is 16.2. The third-order valence-electron chi connectivity index (χ3n) is 3.60. The fourth-order valence-corrected chi connectivity index (χ4v) is 2.61. The maximum Gasteiger partial charge on any atom is 0.407 e. The van der Waals surface area contributed by atoms with Gasteiger partial charge in [-0.3, -0.25) is 15.0 Å². The second kappa shape index (κ2) is 13.1. The molecule has 0 bridgehead atoms. The first-order valence-electron chi connectivity index (χ1n) is 8.40. The molecule has 0 aromatic rings. The van der Waals surface area contributed by atoms with Crippen LogP contribution < -0.4 is 11.1 Å². The molecule has 0 aliphatic rings. The van der Waals surface area contributed by atoms with Gasteiger partial charge < -0.3 is 20.6 Å². The number of carbonyl (C=O) groups excluding carboxylic acids is 4. The highest BCUT2D eigenvalue weighted by Crippen LogP contribution is 2.21. The molecule has 0 spiro atoms. The van der Waals surface area contributed by atoms with E-state index in [0.717, 1.165) is 11.8 Å². The van der Waals surface area contributed by atoms with E-state index >= 15 is 0 Å². The Morgan fingerprint density at radius 2 is 1.96 bits per heavy atom. The Labute approximate surface area is 157 Å². The second-order valence-corrected chi connectivity index (χ2v) is 6.55. The number of ether oxygens (including phenoxy) is 1. The normalized spacial score (nSPS) is 13.4. The number of thioether (sulfide) groups is 1. The van der Waals surface area contributed by atoms with Crippen LogP contribution in [0.25, 0.3) is 0 Å². The minimum absolute atomic E-state index is 0.166. The standard InChI is InChI=1S/C17H27N3O5S/c1-4-8-25-17(24)20-7-6-12(9-21)13(5-2)15(23)14(22)11(3)10-26-16(18)19/h9-10,12-13H,4-8H2,1-3H3,(H3,18,19)(H,20,24)/b11-10+/t12-,13?/m0/s1. The number of rotatable bonds is 12. The molecule has 0 aromatic carbocycles. The molecule has 1 amide bonds. The summed E-state index contributed by atoms with van der Waals surface area (Å²) in [5.41, 5.74) is 5.36. The number of carbonyl (C=O) groups is 4. The Balaban J connectivity index is 4.82. The van der Waals surface area contributed by atoms with Crippen LogP contribution in [0.3, 0.4) is 0 Å². The third-order valence-corrected chi connectivity index (χ3v) is 4.32. The van der Waals surface area contributed by atoms with E-state index in [-0.39, 0.29) is 23.7 Å². The van der Waals surface area contributed by atoms with E-state index in [0.29, 0.717) is 25.7 Å². The molecule has 1 unspecified atom stereocenters. The van der Waals surface area contributed by atoms with Gasteiger partial charge in [0.15, 0.2) is 5.17 Å². The molecular weight excluding hydrogens is 358 g/mol. The summed E-state index contributed by atoms with van der Waals surface area (Å²) in [5, 5.41) is 10.8. The van der Waals surface area contributed by atoms with E-state index < -0.39 is 29.5 Å². The predicted octanol–water partition coefficient (Wildman–Crippen LogP) is 2.02. The number of nitrogens with two attached hydrogens (primary N) is 1. The molecule has 146 valence electrons. The minimum Gasteiger partial charge on any atom is -0.450 e. The summed E-state index contributed by atoms with van der Waals surface area (Å²) in [6.45, 7) is 5.52. The minimum atomic E-state index is -0.765. The fraction of sp³-hybridized carbons (Fsp3) is 0.588. The first-order valence-corrected chi connectivity index (χ1v) is 9.28. The zero-order valence-electron chi connectivity index (χ0n) is 15.4.